The molecule has 0 spiro atoms. The third-order valence-electron chi connectivity index (χ3n) is 4.05. The summed E-state index contributed by atoms with van der Waals surface area (Å²) in [5.41, 5.74) is 1.05. The van der Waals surface area contributed by atoms with Crippen molar-refractivity contribution in [3.05, 3.63) is 23.5 Å². The Balaban J connectivity index is 2.25. The van der Waals surface area contributed by atoms with E-state index in [-0.39, 0.29) is 18.4 Å². The van der Waals surface area contributed by atoms with E-state index in [9.17, 15) is 15.0 Å². The second-order valence-electron chi connectivity index (χ2n) is 5.25. The Morgan fingerprint density at radius 1 is 1.53 bits per heavy atom. The molecule has 0 aromatic rings. The average Bonchev–Trinajstić information content (AvgIpc) is 2.61. The molecule has 5 heteroatoms. The van der Waals surface area contributed by atoms with E-state index in [1.54, 1.807) is 0 Å². The molecule has 3 unspecified atom stereocenters. The van der Waals surface area contributed by atoms with Gasteiger partial charge in [0.05, 0.1) is 6.61 Å². The lowest BCUT2D eigenvalue weighted by Crippen LogP contribution is -2.46. The van der Waals surface area contributed by atoms with Crippen molar-refractivity contribution < 1.29 is 19.7 Å². The van der Waals surface area contributed by atoms with E-state index in [1.165, 1.54) is 0 Å². The van der Waals surface area contributed by atoms with Crippen LogP contribution < -0.4 is 5.32 Å². The highest BCUT2D eigenvalue weighted by molar-refractivity contribution is 5.85. The molecule has 5 nitrogen and oxygen atoms in total. The molecule has 3 atom stereocenters. The first-order valence-electron chi connectivity index (χ1n) is 6.64. The van der Waals surface area contributed by atoms with E-state index in [1.807, 2.05) is 32.9 Å². The summed E-state index contributed by atoms with van der Waals surface area (Å²) in [5.74, 6) is -2.84. The zero-order valence-corrected chi connectivity index (χ0v) is 11.5. The highest BCUT2D eigenvalue weighted by atomic mass is 16.5. The number of hydrogen-bond acceptors (Lipinski definition) is 4. The quantitative estimate of drug-likeness (QED) is 0.652. The van der Waals surface area contributed by atoms with E-state index in [0.717, 1.165) is 11.3 Å². The van der Waals surface area contributed by atoms with Gasteiger partial charge in [-0.25, -0.2) is 0 Å². The van der Waals surface area contributed by atoms with Crippen molar-refractivity contribution in [1.82, 2.24) is 5.32 Å². The molecule has 19 heavy (non-hydrogen) atoms. The molecule has 106 valence electrons. The molecule has 0 saturated carbocycles. The fourth-order valence-electron chi connectivity index (χ4n) is 2.97. The van der Waals surface area contributed by atoms with Gasteiger partial charge in [-0.3, -0.25) is 4.79 Å². The van der Waals surface area contributed by atoms with Crippen LogP contribution in [0.1, 0.15) is 20.8 Å². The van der Waals surface area contributed by atoms with E-state index in [4.69, 9.17) is 4.74 Å². The zero-order valence-electron chi connectivity index (χ0n) is 11.5. The van der Waals surface area contributed by atoms with Gasteiger partial charge in [0.1, 0.15) is 5.76 Å². The number of hydrogen-bond donors (Lipinski definition) is 3. The predicted molar refractivity (Wildman–Crippen MR) is 69.8 cm³/mol. The summed E-state index contributed by atoms with van der Waals surface area (Å²) in [6.45, 7) is 6.72. The number of carbonyl (C=O) groups excluding carboxylic acids is 1. The Morgan fingerprint density at radius 2 is 2.21 bits per heavy atom. The molecule has 1 amide bonds. The predicted octanol–water partition coefficient (Wildman–Crippen LogP) is 0.546. The van der Waals surface area contributed by atoms with Gasteiger partial charge in [0.2, 0.25) is 5.79 Å². The third-order valence-corrected chi connectivity index (χ3v) is 4.05. The highest BCUT2D eigenvalue weighted by Crippen LogP contribution is 2.40. The molecule has 0 radical (unpaired) electrons. The normalized spacial score (nSPS) is 33.5. The minimum atomic E-state index is -2.30. The van der Waals surface area contributed by atoms with Gasteiger partial charge in [-0.05, 0) is 25.3 Å². The third kappa shape index (κ3) is 2.28. The smallest absolute Gasteiger partial charge is 0.280 e. The van der Waals surface area contributed by atoms with Crippen molar-refractivity contribution in [2.75, 3.05) is 13.2 Å². The summed E-state index contributed by atoms with van der Waals surface area (Å²) in [5, 5.41) is 22.4. The second kappa shape index (κ2) is 4.98. The molecular weight excluding hydrogens is 246 g/mol. The molecule has 1 saturated heterocycles. The lowest BCUT2D eigenvalue weighted by molar-refractivity contribution is -0.197. The minimum Gasteiger partial charge on any atom is -0.498 e. The fourth-order valence-corrected chi connectivity index (χ4v) is 2.97. The van der Waals surface area contributed by atoms with Crippen LogP contribution in [0.3, 0.4) is 0 Å². The zero-order chi connectivity index (χ0) is 14.2. The minimum absolute atomic E-state index is 0.0151. The van der Waals surface area contributed by atoms with Crippen LogP contribution in [0.2, 0.25) is 0 Å². The summed E-state index contributed by atoms with van der Waals surface area (Å²) in [6.07, 6.45) is 3.86. The lowest BCUT2D eigenvalue weighted by atomic mass is 9.75. The van der Waals surface area contributed by atoms with Crippen LogP contribution in [0.15, 0.2) is 23.5 Å². The van der Waals surface area contributed by atoms with Gasteiger partial charge in [0.15, 0.2) is 0 Å². The van der Waals surface area contributed by atoms with Crippen LogP contribution in [-0.4, -0.2) is 35.1 Å². The molecular formula is C14H21NO4. The van der Waals surface area contributed by atoms with Crippen LogP contribution in [0.25, 0.3) is 0 Å². The first kappa shape index (κ1) is 14.1. The maximum Gasteiger partial charge on any atom is 0.280 e. The van der Waals surface area contributed by atoms with Crippen molar-refractivity contribution >= 4 is 5.91 Å². The molecule has 3 N–H and O–H groups in total. The number of rotatable bonds is 3. The van der Waals surface area contributed by atoms with Gasteiger partial charge >= 0.3 is 0 Å². The summed E-state index contributed by atoms with van der Waals surface area (Å²) in [7, 11) is 0. The van der Waals surface area contributed by atoms with Gasteiger partial charge in [-0.2, -0.15) is 0 Å². The maximum absolute atomic E-state index is 11.4. The average molecular weight is 267 g/mol. The standard InChI is InChI=1S/C14H21NO4/c1-4-19-12-8(2)5-6-10(9(12)3)11-7-15-13(16)14(11,17)18/h5-6,9-11,17-18H,4,7H2,1-3H3,(H,15,16). The van der Waals surface area contributed by atoms with Gasteiger partial charge in [-0.15, -0.1) is 0 Å². The SMILES string of the molecule is CCOC1=C(C)C=CC(C2CNC(=O)C2(O)O)C1C. The van der Waals surface area contributed by atoms with E-state index in [0.29, 0.717) is 6.61 Å². The van der Waals surface area contributed by atoms with Crippen LogP contribution in [-0.2, 0) is 9.53 Å². The largest absolute Gasteiger partial charge is 0.498 e. The molecule has 1 aliphatic carbocycles. The van der Waals surface area contributed by atoms with Crippen molar-refractivity contribution in [1.29, 1.82) is 0 Å². The van der Waals surface area contributed by atoms with Gasteiger partial charge < -0.3 is 20.3 Å². The van der Waals surface area contributed by atoms with E-state index in [2.05, 4.69) is 5.32 Å². The maximum atomic E-state index is 11.4. The number of nitrogens with one attached hydrogen (secondary N) is 1. The molecule has 1 aliphatic heterocycles. The Labute approximate surface area is 113 Å². The van der Waals surface area contributed by atoms with Gasteiger partial charge in [-0.1, -0.05) is 19.1 Å². The lowest BCUT2D eigenvalue weighted by Gasteiger charge is -2.34. The fraction of sp³-hybridized carbons (Fsp3) is 0.643. The molecule has 1 fully saturated rings. The number of aliphatic hydroxyl groups is 2. The van der Waals surface area contributed by atoms with Gasteiger partial charge in [0.25, 0.3) is 5.91 Å². The van der Waals surface area contributed by atoms with Crippen molar-refractivity contribution in [2.45, 2.75) is 26.6 Å². The number of allylic oxidation sites excluding steroid dienone is 4. The Bertz CT molecular complexity index is 439. The summed E-state index contributed by atoms with van der Waals surface area (Å²) < 4.78 is 5.65. The number of carbonyl (C=O) groups is 1. The van der Waals surface area contributed by atoms with Crippen LogP contribution in [0.4, 0.5) is 0 Å². The number of ether oxygens (including phenoxy) is 1. The Kier molecular flexibility index (Phi) is 3.69. The van der Waals surface area contributed by atoms with Crippen LogP contribution in [0, 0.1) is 17.8 Å². The summed E-state index contributed by atoms with van der Waals surface area (Å²) in [6, 6.07) is 0. The molecule has 2 aliphatic rings. The van der Waals surface area contributed by atoms with Crippen molar-refractivity contribution in [3.63, 3.8) is 0 Å². The van der Waals surface area contributed by atoms with Crippen LogP contribution in [0.5, 0.6) is 0 Å². The first-order chi connectivity index (χ1) is 8.89. The van der Waals surface area contributed by atoms with Crippen LogP contribution >= 0.6 is 0 Å². The highest BCUT2D eigenvalue weighted by Gasteiger charge is 2.52. The Hall–Kier alpha value is -1.33. The molecule has 1 heterocycles. The summed E-state index contributed by atoms with van der Waals surface area (Å²) >= 11 is 0. The second-order valence-corrected chi connectivity index (χ2v) is 5.25. The molecule has 2 rings (SSSR count). The molecule has 0 aromatic carbocycles. The Morgan fingerprint density at radius 3 is 2.74 bits per heavy atom. The van der Waals surface area contributed by atoms with E-state index >= 15 is 0 Å². The van der Waals surface area contributed by atoms with Gasteiger partial charge in [0, 0.05) is 18.4 Å². The van der Waals surface area contributed by atoms with E-state index < -0.39 is 17.6 Å². The monoisotopic (exact) mass is 267 g/mol. The number of amides is 1. The molecule has 0 bridgehead atoms. The topological polar surface area (TPSA) is 78.8 Å². The van der Waals surface area contributed by atoms with Crippen molar-refractivity contribution in [3.8, 4) is 0 Å². The summed E-state index contributed by atoms with van der Waals surface area (Å²) in [4.78, 5) is 11.4. The molecule has 0 aromatic heterocycles. The first-order valence-corrected chi connectivity index (χ1v) is 6.64. The van der Waals surface area contributed by atoms with Crippen molar-refractivity contribution in [2.24, 2.45) is 17.8 Å².